The Hall–Kier alpha value is -3.85. The normalized spacial score (nSPS) is 12.6. The third-order valence-electron chi connectivity index (χ3n) is 5.81. The van der Waals surface area contributed by atoms with E-state index in [1.165, 1.54) is 0 Å². The highest BCUT2D eigenvalue weighted by Crippen LogP contribution is 2.34. The van der Waals surface area contributed by atoms with Crippen LogP contribution in [-0.2, 0) is 4.79 Å². The summed E-state index contributed by atoms with van der Waals surface area (Å²) in [6.45, 7) is 4.00. The number of Topliss-reactive ketones (excluding diaryl/α,β-unsaturated/α-hetero) is 1. The van der Waals surface area contributed by atoms with E-state index in [0.29, 0.717) is 0 Å². The Morgan fingerprint density at radius 3 is 1.28 bits per heavy atom. The molecule has 0 saturated carbocycles. The lowest BCUT2D eigenvalue weighted by Gasteiger charge is -2.22. The zero-order chi connectivity index (χ0) is 22.3. The van der Waals surface area contributed by atoms with Crippen LogP contribution >= 0.6 is 0 Å². The van der Waals surface area contributed by atoms with Gasteiger partial charge < -0.3 is 10.6 Å². The average Bonchev–Trinajstić information content (AvgIpc) is 2.85. The molecule has 3 nitrogen and oxygen atoms in total. The van der Waals surface area contributed by atoms with Crippen LogP contribution in [0.15, 0.2) is 109 Å². The van der Waals surface area contributed by atoms with E-state index in [-0.39, 0.29) is 17.6 Å². The van der Waals surface area contributed by atoms with Gasteiger partial charge in [0.05, 0.1) is 0 Å². The largest absolute Gasteiger partial charge is 0.355 e. The lowest BCUT2D eigenvalue weighted by atomic mass is 9.84. The molecule has 0 bridgehead atoms. The van der Waals surface area contributed by atoms with Gasteiger partial charge in [0.15, 0.2) is 0 Å². The van der Waals surface area contributed by atoms with Crippen molar-refractivity contribution in [1.29, 1.82) is 0 Å². The van der Waals surface area contributed by atoms with Gasteiger partial charge in [-0.2, -0.15) is 0 Å². The van der Waals surface area contributed by atoms with Crippen LogP contribution in [0.2, 0.25) is 0 Å². The van der Waals surface area contributed by atoms with Crippen LogP contribution in [0.3, 0.4) is 0 Å². The maximum Gasteiger partial charge on any atom is 0.147 e. The molecule has 4 aromatic carbocycles. The highest BCUT2D eigenvalue weighted by atomic mass is 16.1. The standard InChI is InChI=1S/C29H28N2O/c1-21(25-17-9-11-19-27(25)30-23-13-5-3-6-14-23)29(32)22(2)26-18-10-12-20-28(26)31-24-15-7-4-8-16-24/h3-22,30-31H,1-2H3. The Morgan fingerprint density at radius 2 is 0.875 bits per heavy atom. The van der Waals surface area contributed by atoms with E-state index in [1.54, 1.807) is 0 Å². The topological polar surface area (TPSA) is 41.1 Å². The first-order valence-corrected chi connectivity index (χ1v) is 11.0. The van der Waals surface area contributed by atoms with Crippen LogP contribution in [0.25, 0.3) is 0 Å². The smallest absolute Gasteiger partial charge is 0.147 e. The Labute approximate surface area is 190 Å². The lowest BCUT2D eigenvalue weighted by Crippen LogP contribution is -2.18. The van der Waals surface area contributed by atoms with E-state index < -0.39 is 0 Å². The number of benzene rings is 4. The minimum atomic E-state index is -0.248. The van der Waals surface area contributed by atoms with Gasteiger partial charge in [-0.1, -0.05) is 86.6 Å². The van der Waals surface area contributed by atoms with Gasteiger partial charge in [-0.25, -0.2) is 0 Å². The maximum absolute atomic E-state index is 13.6. The summed E-state index contributed by atoms with van der Waals surface area (Å²) in [5, 5.41) is 6.93. The fourth-order valence-electron chi connectivity index (χ4n) is 4.01. The van der Waals surface area contributed by atoms with Gasteiger partial charge in [-0.3, -0.25) is 4.79 Å². The van der Waals surface area contributed by atoms with Crippen molar-refractivity contribution in [1.82, 2.24) is 0 Å². The highest BCUT2D eigenvalue weighted by Gasteiger charge is 2.26. The third kappa shape index (κ3) is 4.89. The fourth-order valence-corrected chi connectivity index (χ4v) is 4.01. The SMILES string of the molecule is CC(C(=O)C(C)c1ccccc1Nc1ccccc1)c1ccccc1Nc1ccccc1. The fraction of sp³-hybridized carbons (Fsp3) is 0.138. The Morgan fingerprint density at radius 1 is 0.531 bits per heavy atom. The van der Waals surface area contributed by atoms with Crippen LogP contribution in [0.4, 0.5) is 22.7 Å². The molecule has 0 heterocycles. The van der Waals surface area contributed by atoms with E-state index >= 15 is 0 Å². The number of rotatable bonds is 8. The summed E-state index contributed by atoms with van der Waals surface area (Å²) in [6.07, 6.45) is 0. The summed E-state index contributed by atoms with van der Waals surface area (Å²) >= 11 is 0. The van der Waals surface area contributed by atoms with Gasteiger partial charge in [0, 0.05) is 34.6 Å². The predicted octanol–water partition coefficient (Wildman–Crippen LogP) is 7.65. The molecule has 2 unspecified atom stereocenters. The number of nitrogens with one attached hydrogen (secondary N) is 2. The van der Waals surface area contributed by atoms with Gasteiger partial charge in [0.25, 0.3) is 0 Å². The molecule has 0 aromatic heterocycles. The molecule has 4 aromatic rings. The average molecular weight is 421 g/mol. The zero-order valence-corrected chi connectivity index (χ0v) is 18.5. The summed E-state index contributed by atoms with van der Waals surface area (Å²) in [4.78, 5) is 13.6. The molecule has 32 heavy (non-hydrogen) atoms. The molecule has 3 heteroatoms. The maximum atomic E-state index is 13.6. The second-order valence-electron chi connectivity index (χ2n) is 8.00. The molecular formula is C29H28N2O. The molecule has 0 spiro atoms. The predicted molar refractivity (Wildman–Crippen MR) is 134 cm³/mol. The molecule has 4 rings (SSSR count). The molecule has 2 atom stereocenters. The quantitative estimate of drug-likeness (QED) is 0.307. The summed E-state index contributed by atoms with van der Waals surface area (Å²) in [5.74, 6) is -0.306. The van der Waals surface area contributed by atoms with Crippen molar-refractivity contribution >= 4 is 28.5 Å². The monoisotopic (exact) mass is 420 g/mol. The van der Waals surface area contributed by atoms with Gasteiger partial charge in [0.1, 0.15) is 5.78 Å². The van der Waals surface area contributed by atoms with Crippen molar-refractivity contribution in [3.63, 3.8) is 0 Å². The van der Waals surface area contributed by atoms with Crippen molar-refractivity contribution in [2.75, 3.05) is 10.6 Å². The second kappa shape index (κ2) is 9.97. The van der Waals surface area contributed by atoms with Crippen LogP contribution in [-0.4, -0.2) is 5.78 Å². The molecule has 0 radical (unpaired) electrons. The molecule has 160 valence electrons. The minimum absolute atomic E-state index is 0.189. The number of hydrogen-bond donors (Lipinski definition) is 2. The minimum Gasteiger partial charge on any atom is -0.355 e. The van der Waals surface area contributed by atoms with E-state index in [2.05, 4.69) is 10.6 Å². The highest BCUT2D eigenvalue weighted by molar-refractivity contribution is 5.94. The number of ketones is 1. The van der Waals surface area contributed by atoms with E-state index in [0.717, 1.165) is 33.9 Å². The van der Waals surface area contributed by atoms with Crippen LogP contribution in [0.5, 0.6) is 0 Å². The number of anilines is 4. The lowest BCUT2D eigenvalue weighted by molar-refractivity contribution is -0.121. The van der Waals surface area contributed by atoms with Crippen molar-refractivity contribution < 1.29 is 4.79 Å². The van der Waals surface area contributed by atoms with Gasteiger partial charge in [-0.05, 0) is 47.5 Å². The van der Waals surface area contributed by atoms with E-state index in [9.17, 15) is 4.79 Å². The summed E-state index contributed by atoms with van der Waals surface area (Å²) in [5.41, 5.74) is 5.93. The zero-order valence-electron chi connectivity index (χ0n) is 18.5. The first-order chi connectivity index (χ1) is 15.6. The number of hydrogen-bond acceptors (Lipinski definition) is 3. The van der Waals surface area contributed by atoms with Crippen molar-refractivity contribution in [2.24, 2.45) is 0 Å². The van der Waals surface area contributed by atoms with Gasteiger partial charge in [0.2, 0.25) is 0 Å². The van der Waals surface area contributed by atoms with Crippen LogP contribution in [0, 0.1) is 0 Å². The first kappa shape index (κ1) is 21.4. The third-order valence-corrected chi connectivity index (χ3v) is 5.81. The van der Waals surface area contributed by atoms with Gasteiger partial charge >= 0.3 is 0 Å². The molecule has 2 N–H and O–H groups in total. The van der Waals surface area contributed by atoms with Crippen molar-refractivity contribution in [3.8, 4) is 0 Å². The summed E-state index contributed by atoms with van der Waals surface area (Å²) < 4.78 is 0. The number of carbonyl (C=O) groups is 1. The Kier molecular flexibility index (Phi) is 6.66. The molecule has 0 aliphatic carbocycles. The van der Waals surface area contributed by atoms with Crippen LogP contribution < -0.4 is 10.6 Å². The van der Waals surface area contributed by atoms with E-state index in [4.69, 9.17) is 0 Å². The van der Waals surface area contributed by atoms with Crippen molar-refractivity contribution in [3.05, 3.63) is 120 Å². The van der Waals surface area contributed by atoms with E-state index in [1.807, 2.05) is 123 Å². The Balaban J connectivity index is 1.58. The molecule has 0 saturated heterocycles. The molecule has 0 amide bonds. The van der Waals surface area contributed by atoms with Crippen LogP contribution in [0.1, 0.15) is 36.8 Å². The molecule has 0 aliphatic heterocycles. The Bertz CT molecular complexity index is 1080. The first-order valence-electron chi connectivity index (χ1n) is 11.0. The van der Waals surface area contributed by atoms with Crippen molar-refractivity contribution in [2.45, 2.75) is 25.7 Å². The van der Waals surface area contributed by atoms with Gasteiger partial charge in [-0.15, -0.1) is 0 Å². The number of carbonyl (C=O) groups excluding carboxylic acids is 1. The molecular weight excluding hydrogens is 392 g/mol. The molecule has 0 fully saturated rings. The second-order valence-corrected chi connectivity index (χ2v) is 8.00. The summed E-state index contributed by atoms with van der Waals surface area (Å²) in [7, 11) is 0. The number of para-hydroxylation sites is 4. The molecule has 0 aliphatic rings. The summed E-state index contributed by atoms with van der Waals surface area (Å²) in [6, 6.07) is 36.2.